The smallest absolute Gasteiger partial charge is 0.0929 e. The zero-order chi connectivity index (χ0) is 14.3. The van der Waals surface area contributed by atoms with Crippen molar-refractivity contribution in [2.45, 2.75) is 49.4 Å². The van der Waals surface area contributed by atoms with Crippen molar-refractivity contribution >= 4 is 11.8 Å². The van der Waals surface area contributed by atoms with Crippen LogP contribution in [0.3, 0.4) is 0 Å². The maximum Gasteiger partial charge on any atom is 0.0929 e. The first-order chi connectivity index (χ1) is 8.78. The number of thioether (sulfide) groups is 1. The van der Waals surface area contributed by atoms with Gasteiger partial charge in [-0.1, -0.05) is 36.5 Å². The molecule has 0 fully saturated rings. The summed E-state index contributed by atoms with van der Waals surface area (Å²) in [6.45, 7) is 7.92. The van der Waals surface area contributed by atoms with E-state index in [1.165, 1.54) is 0 Å². The molecule has 4 atom stereocenters. The number of aliphatic hydroxyl groups is 2. The number of aliphatic hydroxyl groups excluding tert-OH is 2. The fourth-order valence-electron chi connectivity index (χ4n) is 2.70. The molecule has 0 bridgehead atoms. The van der Waals surface area contributed by atoms with Gasteiger partial charge in [-0.15, -0.1) is 11.8 Å². The Bertz CT molecular complexity index is 445. The Balaban J connectivity index is 2.26. The van der Waals surface area contributed by atoms with Crippen molar-refractivity contribution in [1.29, 1.82) is 0 Å². The summed E-state index contributed by atoms with van der Waals surface area (Å²) in [7, 11) is 0. The Hall–Kier alpha value is -0.770. The van der Waals surface area contributed by atoms with E-state index in [4.69, 9.17) is 0 Å². The van der Waals surface area contributed by atoms with Gasteiger partial charge < -0.3 is 10.2 Å². The van der Waals surface area contributed by atoms with E-state index in [1.54, 1.807) is 11.8 Å². The topological polar surface area (TPSA) is 40.5 Å². The molecule has 0 aromatic rings. The van der Waals surface area contributed by atoms with E-state index < -0.39 is 21.7 Å². The lowest BCUT2D eigenvalue weighted by Gasteiger charge is -2.43. The van der Waals surface area contributed by atoms with Crippen LogP contribution in [0.25, 0.3) is 0 Å². The van der Waals surface area contributed by atoms with E-state index in [0.29, 0.717) is 0 Å². The first-order valence-electron chi connectivity index (χ1n) is 6.57. The van der Waals surface area contributed by atoms with Crippen LogP contribution in [0.4, 0.5) is 0 Å². The second-order valence-corrected chi connectivity index (χ2v) is 7.78. The minimum absolute atomic E-state index is 0.420. The Morgan fingerprint density at radius 3 is 1.63 bits per heavy atom. The Kier molecular flexibility index (Phi) is 3.83. The first kappa shape index (κ1) is 14.6. The number of hydrogen-bond donors (Lipinski definition) is 2. The van der Waals surface area contributed by atoms with Crippen LogP contribution in [0.2, 0.25) is 0 Å². The van der Waals surface area contributed by atoms with Crippen molar-refractivity contribution in [2.24, 2.45) is 0 Å². The van der Waals surface area contributed by atoms with E-state index in [-0.39, 0.29) is 0 Å². The second kappa shape index (κ2) is 4.97. The van der Waals surface area contributed by atoms with Crippen LogP contribution in [-0.2, 0) is 0 Å². The van der Waals surface area contributed by atoms with Crippen molar-refractivity contribution in [1.82, 2.24) is 0 Å². The monoisotopic (exact) mass is 278 g/mol. The summed E-state index contributed by atoms with van der Waals surface area (Å²) < 4.78 is -0.840. The largest absolute Gasteiger partial charge is 0.387 e. The van der Waals surface area contributed by atoms with Crippen molar-refractivity contribution in [3.05, 3.63) is 47.6 Å². The number of allylic oxidation sites excluding steroid dienone is 4. The molecule has 0 heterocycles. The molecule has 19 heavy (non-hydrogen) atoms. The summed E-state index contributed by atoms with van der Waals surface area (Å²) in [4.78, 5) is 0. The van der Waals surface area contributed by atoms with Crippen molar-refractivity contribution in [3.8, 4) is 0 Å². The molecule has 0 saturated carbocycles. The standard InChI is InChI=1S/C16H22O2S/c1-11-7-5-9-15(3,13(11)17)19-16(4)10-6-8-12(2)14(16)18/h5-10,13-14,17-18H,1-4H3. The molecule has 0 aromatic carbocycles. The van der Waals surface area contributed by atoms with E-state index in [1.807, 2.05) is 64.2 Å². The second-order valence-electron chi connectivity index (χ2n) is 5.81. The molecule has 104 valence electrons. The normalized spacial score (nSPS) is 42.0. The SMILES string of the molecule is CC1=CC=CC(C)(SC2(C)C=CC=C(C)C2O)C1O. The first-order valence-corrected chi connectivity index (χ1v) is 7.38. The minimum atomic E-state index is -0.522. The predicted molar refractivity (Wildman–Crippen MR) is 82.2 cm³/mol. The molecule has 2 aliphatic rings. The van der Waals surface area contributed by atoms with E-state index in [2.05, 4.69) is 0 Å². The molecular formula is C16H22O2S. The average molecular weight is 278 g/mol. The molecule has 0 radical (unpaired) electrons. The highest BCUT2D eigenvalue weighted by atomic mass is 32.2. The molecule has 4 unspecified atom stereocenters. The molecule has 3 heteroatoms. The summed E-state index contributed by atoms with van der Waals surface area (Å²) in [5.74, 6) is 0. The highest BCUT2D eigenvalue weighted by molar-refractivity contribution is 8.02. The Morgan fingerprint density at radius 1 is 0.895 bits per heavy atom. The van der Waals surface area contributed by atoms with Gasteiger partial charge in [0.05, 0.1) is 21.7 Å². The van der Waals surface area contributed by atoms with Crippen LogP contribution in [0, 0.1) is 0 Å². The third kappa shape index (κ3) is 2.60. The van der Waals surface area contributed by atoms with Gasteiger partial charge in [0.25, 0.3) is 0 Å². The molecule has 2 nitrogen and oxygen atoms in total. The highest BCUT2D eigenvalue weighted by Gasteiger charge is 2.44. The van der Waals surface area contributed by atoms with Gasteiger partial charge in [0.1, 0.15) is 0 Å². The van der Waals surface area contributed by atoms with Crippen LogP contribution in [0.1, 0.15) is 27.7 Å². The van der Waals surface area contributed by atoms with Gasteiger partial charge in [-0.05, 0) is 38.8 Å². The van der Waals surface area contributed by atoms with Gasteiger partial charge in [-0.25, -0.2) is 0 Å². The van der Waals surface area contributed by atoms with Crippen molar-refractivity contribution < 1.29 is 10.2 Å². The lowest BCUT2D eigenvalue weighted by molar-refractivity contribution is 0.174. The quantitative estimate of drug-likeness (QED) is 0.816. The van der Waals surface area contributed by atoms with Crippen LogP contribution >= 0.6 is 11.8 Å². The van der Waals surface area contributed by atoms with Gasteiger partial charge in [-0.3, -0.25) is 0 Å². The van der Waals surface area contributed by atoms with Gasteiger partial charge in [0, 0.05) is 0 Å². The minimum Gasteiger partial charge on any atom is -0.387 e. The summed E-state index contributed by atoms with van der Waals surface area (Å²) >= 11 is 1.61. The number of hydrogen-bond acceptors (Lipinski definition) is 3. The summed E-state index contributed by atoms with van der Waals surface area (Å²) in [5, 5.41) is 20.9. The Labute approximate surface area is 119 Å². The maximum atomic E-state index is 10.4. The summed E-state index contributed by atoms with van der Waals surface area (Å²) in [5.41, 5.74) is 1.92. The molecule has 0 aromatic heterocycles. The average Bonchev–Trinajstić information content (AvgIpc) is 2.33. The maximum absolute atomic E-state index is 10.4. The van der Waals surface area contributed by atoms with Gasteiger partial charge in [-0.2, -0.15) is 0 Å². The lowest BCUT2D eigenvalue weighted by Crippen LogP contribution is -2.46. The molecule has 2 rings (SSSR count). The van der Waals surface area contributed by atoms with Crippen LogP contribution < -0.4 is 0 Å². The zero-order valence-electron chi connectivity index (χ0n) is 11.9. The molecule has 2 aliphatic carbocycles. The summed E-state index contributed by atoms with van der Waals surface area (Å²) in [6.07, 6.45) is 10.8. The fraction of sp³-hybridized carbons (Fsp3) is 0.500. The summed E-state index contributed by atoms with van der Waals surface area (Å²) in [6, 6.07) is 0. The van der Waals surface area contributed by atoms with Crippen LogP contribution in [-0.4, -0.2) is 31.9 Å². The Morgan fingerprint density at radius 2 is 1.26 bits per heavy atom. The highest BCUT2D eigenvalue weighted by Crippen LogP contribution is 2.47. The lowest BCUT2D eigenvalue weighted by atomic mass is 9.91. The van der Waals surface area contributed by atoms with Gasteiger partial charge in [0.2, 0.25) is 0 Å². The van der Waals surface area contributed by atoms with Gasteiger partial charge in [0.15, 0.2) is 0 Å². The molecular weight excluding hydrogens is 256 g/mol. The van der Waals surface area contributed by atoms with E-state index in [9.17, 15) is 10.2 Å². The van der Waals surface area contributed by atoms with Crippen molar-refractivity contribution in [2.75, 3.05) is 0 Å². The predicted octanol–water partition coefficient (Wildman–Crippen LogP) is 2.99. The van der Waals surface area contributed by atoms with Crippen LogP contribution in [0.5, 0.6) is 0 Å². The van der Waals surface area contributed by atoms with Crippen LogP contribution in [0.15, 0.2) is 47.6 Å². The number of rotatable bonds is 2. The van der Waals surface area contributed by atoms with E-state index in [0.717, 1.165) is 11.1 Å². The van der Waals surface area contributed by atoms with Gasteiger partial charge >= 0.3 is 0 Å². The van der Waals surface area contributed by atoms with Crippen molar-refractivity contribution in [3.63, 3.8) is 0 Å². The fourth-order valence-corrected chi connectivity index (χ4v) is 4.54. The molecule has 0 spiro atoms. The zero-order valence-corrected chi connectivity index (χ0v) is 12.7. The van der Waals surface area contributed by atoms with E-state index >= 15 is 0 Å². The third-order valence-electron chi connectivity index (χ3n) is 3.96. The molecule has 0 aliphatic heterocycles. The molecule has 0 amide bonds. The molecule has 2 N–H and O–H groups in total. The molecule has 0 saturated heterocycles. The third-order valence-corrected chi connectivity index (χ3v) is 5.56.